The average molecular weight is 315 g/mol. The van der Waals surface area contributed by atoms with E-state index >= 15 is 0 Å². The van der Waals surface area contributed by atoms with Crippen LogP contribution in [0.25, 0.3) is 0 Å². The molecular weight excluding hydrogens is 294 g/mol. The number of carbonyl (C=O) groups excluding carboxylic acids is 1. The molecule has 122 valence electrons. The maximum atomic E-state index is 12.1. The van der Waals surface area contributed by atoms with Gasteiger partial charge < -0.3 is 14.8 Å². The molecule has 5 heteroatoms. The molecule has 0 spiro atoms. The Kier molecular flexibility index (Phi) is 5.57. The molecule has 23 heavy (non-hydrogen) atoms. The van der Waals surface area contributed by atoms with E-state index in [4.69, 9.17) is 9.52 Å². The molecule has 0 aliphatic carbocycles. The van der Waals surface area contributed by atoms with E-state index in [0.717, 1.165) is 12.7 Å². The molecule has 0 radical (unpaired) electrons. The molecular formula is C18H21NO4. The fourth-order valence-electron chi connectivity index (χ4n) is 2.34. The third kappa shape index (κ3) is 4.71. The molecule has 1 aromatic carbocycles. The summed E-state index contributed by atoms with van der Waals surface area (Å²) in [5.41, 5.74) is 1.20. The monoisotopic (exact) mass is 315 g/mol. The van der Waals surface area contributed by atoms with Crippen molar-refractivity contribution in [3.63, 3.8) is 0 Å². The van der Waals surface area contributed by atoms with Crippen LogP contribution in [0.1, 0.15) is 40.3 Å². The van der Waals surface area contributed by atoms with Crippen LogP contribution in [-0.2, 0) is 6.42 Å². The molecule has 0 bridgehead atoms. The van der Waals surface area contributed by atoms with E-state index < -0.39 is 11.9 Å². The van der Waals surface area contributed by atoms with Crippen LogP contribution >= 0.6 is 0 Å². The van der Waals surface area contributed by atoms with Crippen molar-refractivity contribution >= 4 is 11.9 Å². The summed E-state index contributed by atoms with van der Waals surface area (Å²) < 4.78 is 5.01. The highest BCUT2D eigenvalue weighted by Crippen LogP contribution is 2.17. The van der Waals surface area contributed by atoms with Crippen molar-refractivity contribution < 1.29 is 19.1 Å². The van der Waals surface area contributed by atoms with Gasteiger partial charge in [0.2, 0.25) is 0 Å². The Bertz CT molecular complexity index is 661. The molecule has 1 heterocycles. The number of aromatic carboxylic acids is 1. The molecule has 5 nitrogen and oxygen atoms in total. The van der Waals surface area contributed by atoms with Crippen molar-refractivity contribution in [1.82, 2.24) is 5.32 Å². The molecule has 2 rings (SSSR count). The van der Waals surface area contributed by atoms with E-state index in [-0.39, 0.29) is 17.2 Å². The van der Waals surface area contributed by atoms with Crippen molar-refractivity contribution in [2.45, 2.75) is 20.3 Å². The summed E-state index contributed by atoms with van der Waals surface area (Å²) in [6, 6.07) is 11.4. The van der Waals surface area contributed by atoms with Gasteiger partial charge in [0, 0.05) is 12.6 Å². The zero-order valence-electron chi connectivity index (χ0n) is 13.3. The molecule has 1 aromatic heterocycles. The van der Waals surface area contributed by atoms with Gasteiger partial charge in [0.05, 0.1) is 5.56 Å². The number of hydrogen-bond acceptors (Lipinski definition) is 3. The van der Waals surface area contributed by atoms with E-state index in [0.29, 0.717) is 12.5 Å². The van der Waals surface area contributed by atoms with Crippen LogP contribution in [0.15, 0.2) is 47.1 Å². The van der Waals surface area contributed by atoms with Gasteiger partial charge >= 0.3 is 5.97 Å². The molecule has 0 aliphatic rings. The first-order chi connectivity index (χ1) is 11.0. The van der Waals surface area contributed by atoms with Gasteiger partial charge in [-0.1, -0.05) is 44.2 Å². The summed E-state index contributed by atoms with van der Waals surface area (Å²) in [6.45, 7) is 4.75. The lowest BCUT2D eigenvalue weighted by Crippen LogP contribution is -2.32. The minimum atomic E-state index is -1.11. The number of nitrogens with one attached hydrogen (secondary N) is 1. The average Bonchev–Trinajstić information content (AvgIpc) is 3.02. The Morgan fingerprint density at radius 2 is 1.91 bits per heavy atom. The van der Waals surface area contributed by atoms with Crippen LogP contribution in [0, 0.1) is 11.8 Å². The minimum Gasteiger partial charge on any atom is -0.478 e. The predicted octanol–water partition coefficient (Wildman–Crippen LogP) is 3.22. The van der Waals surface area contributed by atoms with Crippen molar-refractivity contribution in [2.75, 3.05) is 6.54 Å². The van der Waals surface area contributed by atoms with Crippen LogP contribution < -0.4 is 5.32 Å². The Labute approximate surface area is 135 Å². The van der Waals surface area contributed by atoms with Crippen LogP contribution in [0.2, 0.25) is 0 Å². The van der Waals surface area contributed by atoms with Gasteiger partial charge in [-0.3, -0.25) is 4.79 Å². The lowest BCUT2D eigenvalue weighted by atomic mass is 9.89. The zero-order chi connectivity index (χ0) is 16.8. The minimum absolute atomic E-state index is 0.0182. The summed E-state index contributed by atoms with van der Waals surface area (Å²) in [5.74, 6) is -0.797. The third-order valence-electron chi connectivity index (χ3n) is 3.88. The number of hydrogen-bond donors (Lipinski definition) is 2. The van der Waals surface area contributed by atoms with Gasteiger partial charge in [0.15, 0.2) is 5.76 Å². The molecule has 2 aromatic rings. The Morgan fingerprint density at radius 3 is 2.48 bits per heavy atom. The van der Waals surface area contributed by atoms with E-state index in [1.165, 1.54) is 11.6 Å². The smallest absolute Gasteiger partial charge is 0.338 e. The van der Waals surface area contributed by atoms with Crippen molar-refractivity contribution in [3.8, 4) is 0 Å². The number of carbonyl (C=O) groups is 2. The number of carboxylic acids is 1. The number of carboxylic acid groups (broad SMARTS) is 1. The Morgan fingerprint density at radius 1 is 1.22 bits per heavy atom. The highest BCUT2D eigenvalue weighted by atomic mass is 16.4. The number of rotatable bonds is 7. The molecule has 0 fully saturated rings. The standard InChI is InChI=1S/C18H21NO4/c1-12(2)14(8-13-6-4-3-5-7-13)10-19-17(20)16-9-15(11-23-16)18(21)22/h3-7,9,11-12,14H,8,10H2,1-2H3,(H,19,20)(H,21,22). The van der Waals surface area contributed by atoms with Crippen LogP contribution in [-0.4, -0.2) is 23.5 Å². The molecule has 1 amide bonds. The van der Waals surface area contributed by atoms with E-state index in [1.54, 1.807) is 0 Å². The molecule has 0 saturated heterocycles. The van der Waals surface area contributed by atoms with Crippen LogP contribution in [0.5, 0.6) is 0 Å². The molecule has 0 saturated carbocycles. The van der Waals surface area contributed by atoms with Gasteiger partial charge in [-0.25, -0.2) is 4.79 Å². The van der Waals surface area contributed by atoms with Gasteiger partial charge in [-0.2, -0.15) is 0 Å². The van der Waals surface area contributed by atoms with Crippen molar-refractivity contribution in [1.29, 1.82) is 0 Å². The van der Waals surface area contributed by atoms with E-state index in [2.05, 4.69) is 31.3 Å². The normalized spacial score (nSPS) is 12.1. The molecule has 1 atom stereocenters. The predicted molar refractivity (Wildman–Crippen MR) is 86.5 cm³/mol. The Hall–Kier alpha value is -2.56. The summed E-state index contributed by atoms with van der Waals surface area (Å²) in [7, 11) is 0. The number of amides is 1. The van der Waals surface area contributed by atoms with Gasteiger partial charge in [-0.05, 0) is 23.8 Å². The third-order valence-corrected chi connectivity index (χ3v) is 3.88. The largest absolute Gasteiger partial charge is 0.478 e. The van der Waals surface area contributed by atoms with Gasteiger partial charge in [0.1, 0.15) is 6.26 Å². The quantitative estimate of drug-likeness (QED) is 0.822. The molecule has 0 aliphatic heterocycles. The van der Waals surface area contributed by atoms with Crippen molar-refractivity contribution in [3.05, 3.63) is 59.5 Å². The van der Waals surface area contributed by atoms with E-state index in [1.807, 2.05) is 18.2 Å². The van der Waals surface area contributed by atoms with Gasteiger partial charge in [0.25, 0.3) is 5.91 Å². The lowest BCUT2D eigenvalue weighted by molar-refractivity contribution is 0.0695. The number of furan rings is 1. The van der Waals surface area contributed by atoms with E-state index in [9.17, 15) is 9.59 Å². The maximum absolute atomic E-state index is 12.1. The first-order valence-electron chi connectivity index (χ1n) is 7.61. The summed E-state index contributed by atoms with van der Waals surface area (Å²) in [5, 5.41) is 11.7. The first-order valence-corrected chi connectivity index (χ1v) is 7.61. The lowest BCUT2D eigenvalue weighted by Gasteiger charge is -2.21. The second-order valence-electron chi connectivity index (χ2n) is 5.91. The fourth-order valence-corrected chi connectivity index (χ4v) is 2.34. The number of benzene rings is 1. The SMILES string of the molecule is CC(C)C(CNC(=O)c1cc(C(=O)O)co1)Cc1ccccc1. The van der Waals surface area contributed by atoms with Crippen LogP contribution in [0.4, 0.5) is 0 Å². The Balaban J connectivity index is 1.95. The second-order valence-corrected chi connectivity index (χ2v) is 5.91. The second kappa shape index (κ2) is 7.63. The van der Waals surface area contributed by atoms with Crippen molar-refractivity contribution in [2.24, 2.45) is 11.8 Å². The van der Waals surface area contributed by atoms with Crippen LogP contribution in [0.3, 0.4) is 0 Å². The highest BCUT2D eigenvalue weighted by molar-refractivity contribution is 5.95. The molecule has 2 N–H and O–H groups in total. The topological polar surface area (TPSA) is 79.5 Å². The fraction of sp³-hybridized carbons (Fsp3) is 0.333. The summed E-state index contributed by atoms with van der Waals surface area (Å²) in [4.78, 5) is 22.9. The maximum Gasteiger partial charge on any atom is 0.338 e. The molecule has 1 unspecified atom stereocenters. The zero-order valence-corrected chi connectivity index (χ0v) is 13.3. The summed E-state index contributed by atoms with van der Waals surface area (Å²) >= 11 is 0. The summed E-state index contributed by atoms with van der Waals surface area (Å²) in [6.07, 6.45) is 1.94. The first kappa shape index (κ1) is 16.8. The highest BCUT2D eigenvalue weighted by Gasteiger charge is 2.18. The van der Waals surface area contributed by atoms with Gasteiger partial charge in [-0.15, -0.1) is 0 Å².